The number of rotatable bonds is 12. The Morgan fingerprint density at radius 1 is 1.26 bits per heavy atom. The second kappa shape index (κ2) is 11.3. The van der Waals surface area contributed by atoms with Gasteiger partial charge in [-0.2, -0.15) is 0 Å². The molecular weight excluding hydrogens is 321 g/mol. The van der Waals surface area contributed by atoms with Crippen LogP contribution in [0.3, 0.4) is 0 Å². The number of aliphatic hydroxyl groups is 2. The second-order valence-corrected chi connectivity index (χ2v) is 6.77. The Morgan fingerprint density at radius 2 is 1.96 bits per heavy atom. The van der Waals surface area contributed by atoms with Crippen molar-refractivity contribution in [1.82, 2.24) is 5.06 Å². The predicted molar refractivity (Wildman–Crippen MR) is 86.1 cm³/mol. The molecule has 23 heavy (non-hydrogen) atoms. The fourth-order valence-electron chi connectivity index (χ4n) is 1.96. The molecule has 1 aromatic rings. The molecule has 0 aliphatic heterocycles. The zero-order valence-electron chi connectivity index (χ0n) is 13.1. The third-order valence-electron chi connectivity index (χ3n) is 3.20. The number of carbonyl (C=O) groups excluding carboxylic acids is 1. The van der Waals surface area contributed by atoms with Gasteiger partial charge >= 0.3 is 0 Å². The smallest absolute Gasteiger partial charge is 0.233 e. The standard InChI is InChI=1S/C15H24NO6P/c1-21-23(20)8-7-14(18)9-15(19)10-16(12-17)22-11-13-5-3-2-4-6-13/h2-6,12,14-15,18-19,23H,7-11H2,1H3/t14-,15-/m1/s1. The molecule has 0 aliphatic carbocycles. The largest absolute Gasteiger partial charge is 0.393 e. The van der Waals surface area contributed by atoms with E-state index < -0.39 is 20.2 Å². The molecule has 0 radical (unpaired) electrons. The summed E-state index contributed by atoms with van der Waals surface area (Å²) in [6.07, 6.45) is -0.654. The first-order valence-electron chi connectivity index (χ1n) is 7.37. The summed E-state index contributed by atoms with van der Waals surface area (Å²) in [6.45, 7) is 0.164. The number of aliphatic hydroxyl groups excluding tert-OH is 2. The molecule has 0 bridgehead atoms. The third kappa shape index (κ3) is 8.83. The molecule has 0 aromatic heterocycles. The van der Waals surface area contributed by atoms with Gasteiger partial charge in [-0.3, -0.25) is 14.2 Å². The molecule has 0 aliphatic rings. The zero-order valence-corrected chi connectivity index (χ0v) is 14.1. The number of nitrogens with zero attached hydrogens (tertiary/aromatic N) is 1. The molecule has 0 heterocycles. The first-order valence-corrected chi connectivity index (χ1v) is 8.89. The highest BCUT2D eigenvalue weighted by molar-refractivity contribution is 7.39. The maximum Gasteiger partial charge on any atom is 0.233 e. The minimum Gasteiger partial charge on any atom is -0.393 e. The van der Waals surface area contributed by atoms with E-state index in [1.807, 2.05) is 30.3 Å². The average molecular weight is 345 g/mol. The highest BCUT2D eigenvalue weighted by Crippen LogP contribution is 2.22. The molecule has 2 N–H and O–H groups in total. The Morgan fingerprint density at radius 3 is 2.57 bits per heavy atom. The van der Waals surface area contributed by atoms with Crippen LogP contribution >= 0.6 is 8.03 Å². The van der Waals surface area contributed by atoms with Crippen molar-refractivity contribution in [2.45, 2.75) is 31.7 Å². The van der Waals surface area contributed by atoms with E-state index in [-0.39, 0.29) is 32.2 Å². The monoisotopic (exact) mass is 345 g/mol. The van der Waals surface area contributed by atoms with Crippen LogP contribution in [0.5, 0.6) is 0 Å². The van der Waals surface area contributed by atoms with Gasteiger partial charge in [0.05, 0.1) is 18.8 Å². The summed E-state index contributed by atoms with van der Waals surface area (Å²) in [6, 6.07) is 9.33. The van der Waals surface area contributed by atoms with Gasteiger partial charge in [-0.15, -0.1) is 0 Å². The molecule has 0 spiro atoms. The van der Waals surface area contributed by atoms with Gasteiger partial charge in [0.1, 0.15) is 6.61 Å². The first kappa shape index (κ1) is 19.8. The molecule has 8 heteroatoms. The van der Waals surface area contributed by atoms with Gasteiger partial charge in [0.15, 0.2) is 8.03 Å². The van der Waals surface area contributed by atoms with E-state index in [9.17, 15) is 19.6 Å². The maximum absolute atomic E-state index is 11.2. The summed E-state index contributed by atoms with van der Waals surface area (Å²) in [4.78, 5) is 16.3. The topological polar surface area (TPSA) is 96.3 Å². The summed E-state index contributed by atoms with van der Waals surface area (Å²) in [5.74, 6) is 0. The van der Waals surface area contributed by atoms with Crippen LogP contribution in [0.25, 0.3) is 0 Å². The lowest BCUT2D eigenvalue weighted by molar-refractivity contribution is -0.185. The molecule has 3 atom stereocenters. The first-order chi connectivity index (χ1) is 11.0. The highest BCUT2D eigenvalue weighted by Gasteiger charge is 2.16. The molecule has 1 unspecified atom stereocenters. The number of amides is 1. The van der Waals surface area contributed by atoms with E-state index in [0.717, 1.165) is 10.6 Å². The van der Waals surface area contributed by atoms with Gasteiger partial charge in [-0.05, 0) is 12.0 Å². The van der Waals surface area contributed by atoms with Crippen LogP contribution in [-0.4, -0.2) is 53.7 Å². The quantitative estimate of drug-likeness (QED) is 0.336. The molecule has 0 fully saturated rings. The van der Waals surface area contributed by atoms with Crippen molar-refractivity contribution in [1.29, 1.82) is 0 Å². The molecule has 1 aromatic carbocycles. The van der Waals surface area contributed by atoms with E-state index >= 15 is 0 Å². The van der Waals surface area contributed by atoms with Crippen molar-refractivity contribution < 1.29 is 28.9 Å². The highest BCUT2D eigenvalue weighted by atomic mass is 31.1. The van der Waals surface area contributed by atoms with Crippen molar-refractivity contribution in [2.24, 2.45) is 0 Å². The van der Waals surface area contributed by atoms with Gasteiger partial charge in [0, 0.05) is 19.7 Å². The maximum atomic E-state index is 11.2. The van der Waals surface area contributed by atoms with Crippen LogP contribution < -0.4 is 0 Å². The van der Waals surface area contributed by atoms with Crippen molar-refractivity contribution in [3.63, 3.8) is 0 Å². The van der Waals surface area contributed by atoms with Gasteiger partial charge < -0.3 is 14.7 Å². The van der Waals surface area contributed by atoms with Crippen LogP contribution in [-0.2, 0) is 25.3 Å². The molecule has 130 valence electrons. The Kier molecular flexibility index (Phi) is 9.75. The molecule has 1 amide bonds. The SMILES string of the molecule is CO[PH](=O)CC[C@@H](O)C[C@@H](O)CN(C=O)OCc1ccccc1. The van der Waals surface area contributed by atoms with E-state index in [1.54, 1.807) is 0 Å². The predicted octanol–water partition coefficient (Wildman–Crippen LogP) is 1.20. The van der Waals surface area contributed by atoms with Crippen molar-refractivity contribution in [3.8, 4) is 0 Å². The number of hydrogen-bond donors (Lipinski definition) is 2. The lowest BCUT2D eigenvalue weighted by atomic mass is 10.1. The van der Waals surface area contributed by atoms with Crippen LogP contribution in [0.2, 0.25) is 0 Å². The van der Waals surface area contributed by atoms with Gasteiger partial charge in [0.25, 0.3) is 0 Å². The zero-order chi connectivity index (χ0) is 17.1. The van der Waals surface area contributed by atoms with Gasteiger partial charge in [-0.25, -0.2) is 5.06 Å². The number of hydroxylamine groups is 2. The lowest BCUT2D eigenvalue weighted by Crippen LogP contribution is -2.33. The Balaban J connectivity index is 2.30. The van der Waals surface area contributed by atoms with Gasteiger partial charge in [0.2, 0.25) is 6.41 Å². The summed E-state index contributed by atoms with van der Waals surface area (Å²) in [7, 11) is -0.753. The summed E-state index contributed by atoms with van der Waals surface area (Å²) >= 11 is 0. The van der Waals surface area contributed by atoms with Crippen LogP contribution in [0.15, 0.2) is 30.3 Å². The van der Waals surface area contributed by atoms with E-state index in [2.05, 4.69) is 4.52 Å². The van der Waals surface area contributed by atoms with Crippen molar-refractivity contribution in [3.05, 3.63) is 35.9 Å². The minimum atomic E-state index is -2.11. The summed E-state index contributed by atoms with van der Waals surface area (Å²) in [5, 5.41) is 20.7. The average Bonchev–Trinajstić information content (AvgIpc) is 2.57. The second-order valence-electron chi connectivity index (χ2n) is 5.12. The number of benzene rings is 1. The van der Waals surface area contributed by atoms with Gasteiger partial charge in [-0.1, -0.05) is 30.3 Å². The van der Waals surface area contributed by atoms with Crippen molar-refractivity contribution in [2.75, 3.05) is 19.8 Å². The minimum absolute atomic E-state index is 0.0488. The molecule has 1 rings (SSSR count). The van der Waals surface area contributed by atoms with E-state index in [1.165, 1.54) is 7.11 Å². The molecular formula is C15H24NO6P. The molecule has 7 nitrogen and oxygen atoms in total. The Hall–Kier alpha value is -1.24. The molecule has 0 saturated carbocycles. The van der Waals surface area contributed by atoms with E-state index in [0.29, 0.717) is 6.41 Å². The third-order valence-corrected chi connectivity index (χ3v) is 4.35. The normalized spacial score (nSPS) is 14.9. The number of hydrogen-bond acceptors (Lipinski definition) is 6. The van der Waals surface area contributed by atoms with Crippen molar-refractivity contribution >= 4 is 14.4 Å². The van der Waals surface area contributed by atoms with Crippen LogP contribution in [0.4, 0.5) is 0 Å². The Bertz CT molecular complexity index is 472. The van der Waals surface area contributed by atoms with Crippen LogP contribution in [0, 0.1) is 0 Å². The summed E-state index contributed by atoms with van der Waals surface area (Å²) < 4.78 is 15.8. The Labute approximate surface area is 136 Å². The fourth-order valence-corrected chi connectivity index (χ4v) is 2.73. The van der Waals surface area contributed by atoms with Crippen LogP contribution in [0.1, 0.15) is 18.4 Å². The summed E-state index contributed by atoms with van der Waals surface area (Å²) in [5.41, 5.74) is 0.901. The fraction of sp³-hybridized carbons (Fsp3) is 0.533. The van der Waals surface area contributed by atoms with E-state index in [4.69, 9.17) is 4.84 Å². The number of carbonyl (C=O) groups is 1. The molecule has 0 saturated heterocycles. The lowest BCUT2D eigenvalue weighted by Gasteiger charge is -2.22.